The van der Waals surface area contributed by atoms with Crippen molar-refractivity contribution in [1.82, 2.24) is 20.0 Å². The maximum atomic E-state index is 13.0. The highest BCUT2D eigenvalue weighted by molar-refractivity contribution is 5.95. The van der Waals surface area contributed by atoms with Crippen LogP contribution in [0.2, 0.25) is 0 Å². The van der Waals surface area contributed by atoms with E-state index in [2.05, 4.69) is 10.2 Å². The molecule has 1 aromatic heterocycles. The number of benzene rings is 2. The first-order valence-electron chi connectivity index (χ1n) is 9.48. The highest BCUT2D eigenvalue weighted by Crippen LogP contribution is 2.19. The lowest BCUT2D eigenvalue weighted by molar-refractivity contribution is 0.0532. The van der Waals surface area contributed by atoms with E-state index in [0.29, 0.717) is 37.4 Å². The molecule has 148 valence electrons. The Bertz CT molecular complexity index is 1020. The molecule has 1 aliphatic heterocycles. The Morgan fingerprint density at radius 1 is 0.897 bits per heavy atom. The monoisotopic (exact) mass is 392 g/mol. The molecule has 6 nitrogen and oxygen atoms in total. The number of nitrogens with one attached hydrogen (secondary N) is 1. The fraction of sp³-hybridized carbons (Fsp3) is 0.227. The van der Waals surface area contributed by atoms with E-state index in [9.17, 15) is 14.0 Å². The van der Waals surface area contributed by atoms with E-state index in [4.69, 9.17) is 0 Å². The van der Waals surface area contributed by atoms with Crippen LogP contribution in [-0.4, -0.2) is 58.0 Å². The van der Waals surface area contributed by atoms with Crippen molar-refractivity contribution in [3.05, 3.63) is 77.2 Å². The number of carbonyl (C=O) groups excluding carboxylic acids is 2. The van der Waals surface area contributed by atoms with E-state index in [1.807, 2.05) is 31.2 Å². The smallest absolute Gasteiger partial charge is 0.272 e. The van der Waals surface area contributed by atoms with E-state index in [1.165, 1.54) is 24.3 Å². The number of amides is 2. The molecule has 0 bridgehead atoms. The highest BCUT2D eigenvalue weighted by Gasteiger charge is 2.26. The van der Waals surface area contributed by atoms with Gasteiger partial charge in [-0.3, -0.25) is 14.7 Å². The zero-order valence-corrected chi connectivity index (χ0v) is 16.1. The van der Waals surface area contributed by atoms with Gasteiger partial charge in [-0.05, 0) is 37.3 Å². The zero-order chi connectivity index (χ0) is 20.4. The van der Waals surface area contributed by atoms with Gasteiger partial charge in [0.15, 0.2) is 0 Å². The topological polar surface area (TPSA) is 69.3 Å². The second-order valence-electron chi connectivity index (χ2n) is 7.12. The molecule has 0 radical (unpaired) electrons. The average Bonchev–Trinajstić information content (AvgIpc) is 3.24. The summed E-state index contributed by atoms with van der Waals surface area (Å²) in [4.78, 5) is 28.7. The molecule has 7 heteroatoms. The molecule has 1 saturated heterocycles. The van der Waals surface area contributed by atoms with Crippen molar-refractivity contribution in [2.24, 2.45) is 0 Å². The average molecular weight is 392 g/mol. The number of aryl methyl sites for hydroxylation is 1. The normalized spacial score (nSPS) is 14.1. The van der Waals surface area contributed by atoms with Crippen LogP contribution in [0.4, 0.5) is 4.39 Å². The molecule has 29 heavy (non-hydrogen) atoms. The van der Waals surface area contributed by atoms with Gasteiger partial charge < -0.3 is 9.80 Å². The number of halogens is 1. The third kappa shape index (κ3) is 4.03. The molecule has 4 rings (SSSR count). The summed E-state index contributed by atoms with van der Waals surface area (Å²) in [5.74, 6) is -0.661. The van der Waals surface area contributed by atoms with Crippen molar-refractivity contribution < 1.29 is 14.0 Å². The molecule has 1 aliphatic rings. The first-order valence-corrected chi connectivity index (χ1v) is 9.48. The summed E-state index contributed by atoms with van der Waals surface area (Å²) in [6.45, 7) is 3.75. The number of aromatic amines is 1. The first-order chi connectivity index (χ1) is 14.0. The predicted octanol–water partition coefficient (Wildman–Crippen LogP) is 3.12. The number of rotatable bonds is 3. The van der Waals surface area contributed by atoms with Gasteiger partial charge in [-0.15, -0.1) is 0 Å². The number of piperazine rings is 1. The van der Waals surface area contributed by atoms with Crippen molar-refractivity contribution >= 4 is 11.8 Å². The number of hydrogen-bond donors (Lipinski definition) is 1. The highest BCUT2D eigenvalue weighted by atomic mass is 19.1. The second kappa shape index (κ2) is 7.87. The van der Waals surface area contributed by atoms with Crippen molar-refractivity contribution in [1.29, 1.82) is 0 Å². The molecule has 1 N–H and O–H groups in total. The molecule has 2 amide bonds. The number of hydrogen-bond acceptors (Lipinski definition) is 3. The molecule has 3 aromatic rings. The van der Waals surface area contributed by atoms with Crippen molar-refractivity contribution in [2.45, 2.75) is 6.92 Å². The predicted molar refractivity (Wildman–Crippen MR) is 107 cm³/mol. The summed E-state index contributed by atoms with van der Waals surface area (Å²) >= 11 is 0. The zero-order valence-electron chi connectivity index (χ0n) is 16.1. The lowest BCUT2D eigenvalue weighted by atomic mass is 10.1. The van der Waals surface area contributed by atoms with Crippen LogP contribution in [-0.2, 0) is 0 Å². The molecule has 0 unspecified atom stereocenters. The molecular weight excluding hydrogens is 371 g/mol. The Kier molecular flexibility index (Phi) is 5.12. The third-order valence-electron chi connectivity index (χ3n) is 5.10. The van der Waals surface area contributed by atoms with Crippen LogP contribution < -0.4 is 0 Å². The molecule has 2 aromatic carbocycles. The van der Waals surface area contributed by atoms with E-state index in [-0.39, 0.29) is 17.6 Å². The molecule has 0 atom stereocenters. The van der Waals surface area contributed by atoms with Crippen LogP contribution in [0.1, 0.15) is 26.4 Å². The SMILES string of the molecule is Cc1ccc(-c2cc(C(=O)N3CCN(C(=O)c4ccc(F)cc4)CC3)[nH]n2)cc1. The van der Waals surface area contributed by atoms with Crippen molar-refractivity contribution in [2.75, 3.05) is 26.2 Å². The van der Waals surface area contributed by atoms with Gasteiger partial charge in [0.1, 0.15) is 11.5 Å². The summed E-state index contributed by atoms with van der Waals surface area (Å²) in [5, 5.41) is 7.08. The van der Waals surface area contributed by atoms with Gasteiger partial charge in [-0.25, -0.2) is 4.39 Å². The largest absolute Gasteiger partial charge is 0.335 e. The Labute approximate surface area is 167 Å². The summed E-state index contributed by atoms with van der Waals surface area (Å²) in [7, 11) is 0. The fourth-order valence-electron chi connectivity index (χ4n) is 3.36. The van der Waals surface area contributed by atoms with E-state index in [1.54, 1.807) is 15.9 Å². The quantitative estimate of drug-likeness (QED) is 0.745. The van der Waals surface area contributed by atoms with Crippen LogP contribution in [0, 0.1) is 12.7 Å². The molecule has 0 spiro atoms. The summed E-state index contributed by atoms with van der Waals surface area (Å²) < 4.78 is 13.0. The Hall–Kier alpha value is -3.48. The molecular formula is C22H21FN4O2. The minimum atomic E-state index is -0.374. The van der Waals surface area contributed by atoms with Gasteiger partial charge in [-0.2, -0.15) is 5.10 Å². The lowest BCUT2D eigenvalue weighted by Crippen LogP contribution is -2.50. The van der Waals surface area contributed by atoms with Crippen LogP contribution >= 0.6 is 0 Å². The number of aromatic nitrogens is 2. The number of H-pyrrole nitrogens is 1. The van der Waals surface area contributed by atoms with E-state index >= 15 is 0 Å². The van der Waals surface area contributed by atoms with Crippen molar-refractivity contribution in [3.63, 3.8) is 0 Å². The van der Waals surface area contributed by atoms with Gasteiger partial charge in [0.05, 0.1) is 5.69 Å². The van der Waals surface area contributed by atoms with Crippen LogP contribution in [0.5, 0.6) is 0 Å². The Morgan fingerprint density at radius 3 is 2.10 bits per heavy atom. The van der Waals surface area contributed by atoms with E-state index in [0.717, 1.165) is 16.8 Å². The van der Waals surface area contributed by atoms with Crippen LogP contribution in [0.15, 0.2) is 54.6 Å². The van der Waals surface area contributed by atoms with Gasteiger partial charge >= 0.3 is 0 Å². The Morgan fingerprint density at radius 2 is 1.48 bits per heavy atom. The Balaban J connectivity index is 1.38. The molecule has 0 aliphatic carbocycles. The lowest BCUT2D eigenvalue weighted by Gasteiger charge is -2.34. The van der Waals surface area contributed by atoms with Gasteiger partial charge in [0, 0.05) is 37.3 Å². The first kappa shape index (κ1) is 18.9. The third-order valence-corrected chi connectivity index (χ3v) is 5.10. The minimum Gasteiger partial charge on any atom is -0.335 e. The van der Waals surface area contributed by atoms with Crippen LogP contribution in [0.25, 0.3) is 11.3 Å². The summed E-state index contributed by atoms with van der Waals surface area (Å²) in [6, 6.07) is 15.2. The molecule has 1 fully saturated rings. The van der Waals surface area contributed by atoms with Gasteiger partial charge in [0.2, 0.25) is 0 Å². The minimum absolute atomic E-state index is 0.134. The number of carbonyl (C=O) groups is 2. The maximum absolute atomic E-state index is 13.0. The summed E-state index contributed by atoms with van der Waals surface area (Å²) in [5.41, 5.74) is 3.70. The van der Waals surface area contributed by atoms with Crippen LogP contribution in [0.3, 0.4) is 0 Å². The molecule has 0 saturated carbocycles. The van der Waals surface area contributed by atoms with Gasteiger partial charge in [0.25, 0.3) is 11.8 Å². The summed E-state index contributed by atoms with van der Waals surface area (Å²) in [6.07, 6.45) is 0. The van der Waals surface area contributed by atoms with Gasteiger partial charge in [-0.1, -0.05) is 29.8 Å². The second-order valence-corrected chi connectivity index (χ2v) is 7.12. The standard InChI is InChI=1S/C22H21FN4O2/c1-15-2-4-16(5-3-15)19-14-20(25-24-19)22(29)27-12-10-26(11-13-27)21(28)17-6-8-18(23)9-7-17/h2-9,14H,10-13H2,1H3,(H,24,25). The fourth-order valence-corrected chi connectivity index (χ4v) is 3.36. The van der Waals surface area contributed by atoms with Crippen molar-refractivity contribution in [3.8, 4) is 11.3 Å². The van der Waals surface area contributed by atoms with E-state index < -0.39 is 0 Å². The number of nitrogens with zero attached hydrogens (tertiary/aromatic N) is 3. The molecule has 2 heterocycles. The maximum Gasteiger partial charge on any atom is 0.272 e.